The Labute approximate surface area is 86.4 Å². The second kappa shape index (κ2) is 4.45. The van der Waals surface area contributed by atoms with E-state index in [0.29, 0.717) is 0 Å². The molecule has 1 rings (SSSR count). The van der Waals surface area contributed by atoms with Gasteiger partial charge in [-0.1, -0.05) is 0 Å². The lowest BCUT2D eigenvalue weighted by Gasteiger charge is -1.99. The number of furan rings is 1. The molecule has 1 aromatic rings. The summed E-state index contributed by atoms with van der Waals surface area (Å²) in [5.74, 6) is -2.24. The minimum Gasteiger partial charge on any atom is -0.475 e. The third-order valence-corrected chi connectivity index (χ3v) is 2.85. The molecule has 1 heterocycles. The predicted molar refractivity (Wildman–Crippen MR) is 49.3 cm³/mol. The zero-order valence-corrected chi connectivity index (χ0v) is 8.78. The monoisotopic (exact) mass is 234 g/mol. The van der Waals surface area contributed by atoms with Crippen LogP contribution >= 0.6 is 0 Å². The van der Waals surface area contributed by atoms with Gasteiger partial charge in [-0.15, -0.1) is 0 Å². The fourth-order valence-electron chi connectivity index (χ4n) is 0.853. The van der Waals surface area contributed by atoms with Crippen LogP contribution in [0.3, 0.4) is 0 Å². The number of hydrogen-bond donors (Lipinski definition) is 1. The summed E-state index contributed by atoms with van der Waals surface area (Å²) in [5.41, 5.74) is 0. The number of ether oxygens (including phenoxy) is 1. The van der Waals surface area contributed by atoms with Crippen molar-refractivity contribution in [2.45, 2.75) is 12.0 Å². The predicted octanol–water partition coefficient (Wildman–Crippen LogP) is 0.746. The van der Waals surface area contributed by atoms with E-state index in [1.807, 2.05) is 0 Å². The van der Waals surface area contributed by atoms with Crippen LogP contribution in [-0.2, 0) is 14.6 Å². The lowest BCUT2D eigenvalue weighted by molar-refractivity contribution is 0.0656. The average Bonchev–Trinajstić information content (AvgIpc) is 2.64. The molecular formula is C8H10O6S. The molecule has 0 unspecified atom stereocenters. The lowest BCUT2D eigenvalue weighted by atomic mass is 10.5. The molecule has 84 valence electrons. The van der Waals surface area contributed by atoms with Gasteiger partial charge in [0.05, 0.1) is 0 Å². The molecule has 0 aliphatic heterocycles. The summed E-state index contributed by atoms with van der Waals surface area (Å²) in [6, 6.07) is 2.18. The minimum atomic E-state index is -3.69. The molecule has 0 saturated carbocycles. The highest BCUT2D eigenvalue weighted by molar-refractivity contribution is 7.91. The summed E-state index contributed by atoms with van der Waals surface area (Å²) in [6.07, 6.45) is 0. The smallest absolute Gasteiger partial charge is 0.371 e. The molecule has 0 fully saturated rings. The molecule has 0 bridgehead atoms. The van der Waals surface area contributed by atoms with Gasteiger partial charge in [0, 0.05) is 6.61 Å². The van der Waals surface area contributed by atoms with E-state index in [9.17, 15) is 13.2 Å². The molecular weight excluding hydrogens is 224 g/mol. The second-order valence-electron chi connectivity index (χ2n) is 2.65. The highest BCUT2D eigenvalue weighted by Crippen LogP contribution is 2.15. The van der Waals surface area contributed by atoms with Crippen LogP contribution in [0.15, 0.2) is 21.6 Å². The van der Waals surface area contributed by atoms with Gasteiger partial charge < -0.3 is 14.3 Å². The summed E-state index contributed by atoms with van der Waals surface area (Å²) in [4.78, 5) is 10.4. The van der Waals surface area contributed by atoms with E-state index in [2.05, 4.69) is 4.42 Å². The Morgan fingerprint density at radius 2 is 2.20 bits per heavy atom. The Balaban J connectivity index is 2.91. The summed E-state index contributed by atoms with van der Waals surface area (Å²) in [7, 11) is -3.69. The van der Waals surface area contributed by atoms with Gasteiger partial charge in [0.2, 0.25) is 20.7 Å². The molecule has 0 spiro atoms. The summed E-state index contributed by atoms with van der Waals surface area (Å²) in [6.45, 7) is 1.91. The maximum absolute atomic E-state index is 11.4. The van der Waals surface area contributed by atoms with Gasteiger partial charge in [0.25, 0.3) is 0 Å². The highest BCUT2D eigenvalue weighted by Gasteiger charge is 2.20. The number of aromatic carboxylic acids is 1. The van der Waals surface area contributed by atoms with E-state index in [4.69, 9.17) is 9.84 Å². The van der Waals surface area contributed by atoms with Crippen molar-refractivity contribution in [1.29, 1.82) is 0 Å². The van der Waals surface area contributed by atoms with Crippen molar-refractivity contribution in [2.75, 3.05) is 12.5 Å². The van der Waals surface area contributed by atoms with Gasteiger partial charge in [0.15, 0.2) is 5.94 Å². The molecule has 1 N–H and O–H groups in total. The fourth-order valence-corrected chi connectivity index (χ4v) is 1.85. The summed E-state index contributed by atoms with van der Waals surface area (Å²) >= 11 is 0. The molecule has 0 saturated heterocycles. The number of carboxylic acids is 1. The first-order valence-electron chi connectivity index (χ1n) is 4.11. The number of carbonyl (C=O) groups is 1. The minimum absolute atomic E-state index is 0.256. The third-order valence-electron chi connectivity index (χ3n) is 1.54. The first-order valence-corrected chi connectivity index (χ1v) is 5.76. The molecule has 0 radical (unpaired) electrons. The summed E-state index contributed by atoms with van der Waals surface area (Å²) in [5, 5.41) is 8.13. The van der Waals surface area contributed by atoms with E-state index < -0.39 is 32.6 Å². The summed E-state index contributed by atoms with van der Waals surface area (Å²) < 4.78 is 32.2. The maximum Gasteiger partial charge on any atom is 0.371 e. The van der Waals surface area contributed by atoms with Crippen molar-refractivity contribution >= 4 is 15.8 Å². The molecule has 7 heteroatoms. The number of hydrogen-bond acceptors (Lipinski definition) is 5. The van der Waals surface area contributed by atoms with Crippen molar-refractivity contribution in [3.63, 3.8) is 0 Å². The molecule has 0 aliphatic rings. The van der Waals surface area contributed by atoms with Gasteiger partial charge >= 0.3 is 5.97 Å². The average molecular weight is 234 g/mol. The van der Waals surface area contributed by atoms with Gasteiger partial charge in [-0.3, -0.25) is 0 Å². The standard InChI is InChI=1S/C8H10O6S/c1-2-13-5-15(11,12)7-4-3-6(14-7)8(9)10/h3-4H,2,5H2,1H3,(H,9,10). The topological polar surface area (TPSA) is 93.8 Å². The van der Waals surface area contributed by atoms with E-state index >= 15 is 0 Å². The van der Waals surface area contributed by atoms with Crippen LogP contribution in [0.1, 0.15) is 17.5 Å². The molecule has 0 aliphatic carbocycles. The van der Waals surface area contributed by atoms with Crippen molar-refractivity contribution in [2.24, 2.45) is 0 Å². The Hall–Kier alpha value is -1.34. The van der Waals surface area contributed by atoms with Crippen molar-refractivity contribution < 1.29 is 27.5 Å². The first kappa shape index (κ1) is 11.7. The third kappa shape index (κ3) is 2.80. The molecule has 0 amide bonds. The molecule has 15 heavy (non-hydrogen) atoms. The van der Waals surface area contributed by atoms with Crippen LogP contribution in [-0.4, -0.2) is 32.0 Å². The fraction of sp³-hybridized carbons (Fsp3) is 0.375. The van der Waals surface area contributed by atoms with Gasteiger partial charge in [0.1, 0.15) is 0 Å². The van der Waals surface area contributed by atoms with Crippen LogP contribution in [0, 0.1) is 0 Å². The van der Waals surface area contributed by atoms with Gasteiger partial charge in [-0.05, 0) is 19.1 Å². The van der Waals surface area contributed by atoms with Crippen LogP contribution in [0.25, 0.3) is 0 Å². The Bertz CT molecular complexity index is 443. The van der Waals surface area contributed by atoms with Crippen molar-refractivity contribution in [3.05, 3.63) is 17.9 Å². The van der Waals surface area contributed by atoms with E-state index in [1.165, 1.54) is 0 Å². The lowest BCUT2D eigenvalue weighted by Crippen LogP contribution is -2.09. The second-order valence-corrected chi connectivity index (χ2v) is 4.52. The Kier molecular flexibility index (Phi) is 3.48. The Morgan fingerprint density at radius 1 is 1.53 bits per heavy atom. The SMILES string of the molecule is CCOCS(=O)(=O)c1ccc(C(=O)O)o1. The van der Waals surface area contributed by atoms with Crippen LogP contribution in [0.2, 0.25) is 0 Å². The largest absolute Gasteiger partial charge is 0.475 e. The molecule has 1 aromatic heterocycles. The van der Waals surface area contributed by atoms with E-state index in [-0.39, 0.29) is 6.61 Å². The Morgan fingerprint density at radius 3 is 2.67 bits per heavy atom. The normalized spacial score (nSPS) is 11.5. The van der Waals surface area contributed by atoms with Crippen LogP contribution in [0.5, 0.6) is 0 Å². The zero-order chi connectivity index (χ0) is 11.5. The van der Waals surface area contributed by atoms with Crippen LogP contribution in [0.4, 0.5) is 0 Å². The quantitative estimate of drug-likeness (QED) is 0.807. The van der Waals surface area contributed by atoms with Crippen molar-refractivity contribution in [1.82, 2.24) is 0 Å². The molecule has 0 aromatic carbocycles. The highest BCUT2D eigenvalue weighted by atomic mass is 32.2. The van der Waals surface area contributed by atoms with Crippen LogP contribution < -0.4 is 0 Å². The van der Waals surface area contributed by atoms with Gasteiger partial charge in [-0.25, -0.2) is 13.2 Å². The number of rotatable bonds is 5. The van der Waals surface area contributed by atoms with Crippen molar-refractivity contribution in [3.8, 4) is 0 Å². The van der Waals surface area contributed by atoms with E-state index in [0.717, 1.165) is 12.1 Å². The van der Waals surface area contributed by atoms with E-state index in [1.54, 1.807) is 6.92 Å². The number of carboxylic acid groups (broad SMARTS) is 1. The van der Waals surface area contributed by atoms with Gasteiger partial charge in [-0.2, -0.15) is 0 Å². The number of sulfone groups is 1. The molecule has 6 nitrogen and oxygen atoms in total. The first-order chi connectivity index (χ1) is 6.97. The maximum atomic E-state index is 11.4. The zero-order valence-electron chi connectivity index (χ0n) is 7.97. The molecule has 0 atom stereocenters.